The molecule has 0 saturated carbocycles. The second-order valence-electron chi connectivity index (χ2n) is 4.93. The van der Waals surface area contributed by atoms with Gasteiger partial charge in [0, 0.05) is 0 Å². The van der Waals surface area contributed by atoms with E-state index < -0.39 is 11.8 Å². The number of primary amides is 2. The number of hydrogen-bond acceptors (Lipinski definition) is 4. The number of carbonyl (C=O) groups excluding carboxylic acids is 3. The number of piperidine rings is 1. The number of rotatable bonds is 6. The van der Waals surface area contributed by atoms with E-state index in [2.05, 4.69) is 12.2 Å². The summed E-state index contributed by atoms with van der Waals surface area (Å²) in [6, 6.07) is -0.364. The van der Waals surface area contributed by atoms with Gasteiger partial charge in [0.05, 0.1) is 19.1 Å². The van der Waals surface area contributed by atoms with Crippen molar-refractivity contribution in [1.82, 2.24) is 10.2 Å². The van der Waals surface area contributed by atoms with E-state index in [1.807, 2.05) is 0 Å². The van der Waals surface area contributed by atoms with E-state index >= 15 is 0 Å². The zero-order chi connectivity index (χ0) is 14.4. The standard InChI is InChI=1S/C12H22N4O3/c1-2-8-3-4-15-9(5-8)12(19)16(6-10(13)17)7-11(14)18/h8-9,15H,2-7H2,1H3,(H2,13,17)(H2,14,18). The molecular weight excluding hydrogens is 248 g/mol. The summed E-state index contributed by atoms with van der Waals surface area (Å²) in [4.78, 5) is 35.3. The number of nitrogens with two attached hydrogens (primary N) is 2. The Bertz CT molecular complexity index is 343. The van der Waals surface area contributed by atoms with Crippen LogP contribution >= 0.6 is 0 Å². The summed E-state index contributed by atoms with van der Waals surface area (Å²) in [6.07, 6.45) is 2.76. The Morgan fingerprint density at radius 3 is 2.26 bits per heavy atom. The lowest BCUT2D eigenvalue weighted by Gasteiger charge is -2.32. The fourth-order valence-electron chi connectivity index (χ4n) is 2.36. The Balaban J connectivity index is 2.68. The van der Waals surface area contributed by atoms with Crippen LogP contribution in [0.15, 0.2) is 0 Å². The Kier molecular flexibility index (Phi) is 5.75. The molecule has 108 valence electrons. The van der Waals surface area contributed by atoms with Crippen LogP contribution in [0.4, 0.5) is 0 Å². The number of nitrogens with one attached hydrogen (secondary N) is 1. The van der Waals surface area contributed by atoms with Crippen LogP contribution in [0.1, 0.15) is 26.2 Å². The third kappa shape index (κ3) is 4.86. The first-order chi connectivity index (χ1) is 8.93. The van der Waals surface area contributed by atoms with Gasteiger partial charge >= 0.3 is 0 Å². The minimum absolute atomic E-state index is 0.281. The monoisotopic (exact) mass is 270 g/mol. The minimum Gasteiger partial charge on any atom is -0.368 e. The summed E-state index contributed by atoms with van der Waals surface area (Å²) >= 11 is 0. The fraction of sp³-hybridized carbons (Fsp3) is 0.750. The smallest absolute Gasteiger partial charge is 0.240 e. The number of amides is 3. The quantitative estimate of drug-likeness (QED) is 0.548. The van der Waals surface area contributed by atoms with Crippen molar-refractivity contribution >= 4 is 17.7 Å². The second kappa shape index (κ2) is 7.08. The van der Waals surface area contributed by atoms with Crippen LogP contribution in [-0.2, 0) is 14.4 Å². The maximum atomic E-state index is 12.3. The molecule has 19 heavy (non-hydrogen) atoms. The molecule has 3 amide bonds. The molecule has 1 aliphatic heterocycles. The van der Waals surface area contributed by atoms with Crippen molar-refractivity contribution in [2.75, 3.05) is 19.6 Å². The van der Waals surface area contributed by atoms with Crippen molar-refractivity contribution < 1.29 is 14.4 Å². The molecule has 0 aromatic heterocycles. The SMILES string of the molecule is CCC1CCNC(C(=O)N(CC(N)=O)CC(N)=O)C1. The average molecular weight is 270 g/mol. The third-order valence-electron chi connectivity index (χ3n) is 3.39. The lowest BCUT2D eigenvalue weighted by atomic mass is 9.90. The Hall–Kier alpha value is -1.63. The molecule has 7 heteroatoms. The highest BCUT2D eigenvalue weighted by Gasteiger charge is 2.30. The molecule has 5 N–H and O–H groups in total. The molecule has 1 heterocycles. The van der Waals surface area contributed by atoms with Gasteiger partial charge in [-0.25, -0.2) is 0 Å². The Morgan fingerprint density at radius 2 is 1.79 bits per heavy atom. The van der Waals surface area contributed by atoms with Crippen LogP contribution in [0.3, 0.4) is 0 Å². The highest BCUT2D eigenvalue weighted by molar-refractivity contribution is 5.90. The minimum atomic E-state index is -0.655. The van der Waals surface area contributed by atoms with Gasteiger partial charge in [-0.3, -0.25) is 14.4 Å². The van der Waals surface area contributed by atoms with Gasteiger partial charge in [-0.2, -0.15) is 0 Å². The molecule has 1 fully saturated rings. The fourth-order valence-corrected chi connectivity index (χ4v) is 2.36. The van der Waals surface area contributed by atoms with E-state index in [1.54, 1.807) is 0 Å². The molecule has 1 rings (SSSR count). The first-order valence-corrected chi connectivity index (χ1v) is 6.52. The van der Waals surface area contributed by atoms with Crippen molar-refractivity contribution in [1.29, 1.82) is 0 Å². The zero-order valence-corrected chi connectivity index (χ0v) is 11.2. The maximum absolute atomic E-state index is 12.3. The van der Waals surface area contributed by atoms with Gasteiger partial charge in [-0.1, -0.05) is 13.3 Å². The van der Waals surface area contributed by atoms with Crippen LogP contribution in [-0.4, -0.2) is 48.3 Å². The van der Waals surface area contributed by atoms with Crippen LogP contribution in [0.2, 0.25) is 0 Å². The highest BCUT2D eigenvalue weighted by atomic mass is 16.2. The summed E-state index contributed by atoms with van der Waals surface area (Å²) in [7, 11) is 0. The molecular formula is C12H22N4O3. The Morgan fingerprint density at radius 1 is 1.21 bits per heavy atom. The van der Waals surface area contributed by atoms with Gasteiger partial charge in [0.25, 0.3) is 0 Å². The molecule has 0 bridgehead atoms. The number of carbonyl (C=O) groups is 3. The van der Waals surface area contributed by atoms with E-state index in [-0.39, 0.29) is 25.0 Å². The topological polar surface area (TPSA) is 119 Å². The average Bonchev–Trinajstić information content (AvgIpc) is 2.36. The lowest BCUT2D eigenvalue weighted by Crippen LogP contribution is -2.53. The predicted molar refractivity (Wildman–Crippen MR) is 69.8 cm³/mol. The summed E-state index contributed by atoms with van der Waals surface area (Å²) in [5.74, 6) is -1.11. The van der Waals surface area contributed by atoms with E-state index in [4.69, 9.17) is 11.5 Å². The lowest BCUT2D eigenvalue weighted by molar-refractivity contribution is -0.140. The Labute approximate surface area is 112 Å². The number of nitrogens with zero attached hydrogens (tertiary/aromatic N) is 1. The first kappa shape index (κ1) is 15.4. The first-order valence-electron chi connectivity index (χ1n) is 6.52. The second-order valence-corrected chi connectivity index (χ2v) is 4.93. The molecule has 0 aromatic carbocycles. The van der Waals surface area contributed by atoms with Crippen molar-refractivity contribution in [3.8, 4) is 0 Å². The van der Waals surface area contributed by atoms with Crippen LogP contribution < -0.4 is 16.8 Å². The predicted octanol–water partition coefficient (Wildman–Crippen LogP) is -1.44. The molecule has 1 aliphatic rings. The molecule has 7 nitrogen and oxygen atoms in total. The summed E-state index contributed by atoms with van der Waals surface area (Å²) < 4.78 is 0. The molecule has 0 radical (unpaired) electrons. The van der Waals surface area contributed by atoms with Gasteiger partial charge in [0.2, 0.25) is 17.7 Å². The van der Waals surface area contributed by atoms with Crippen LogP contribution in [0, 0.1) is 5.92 Å². The van der Waals surface area contributed by atoms with E-state index in [0.717, 1.165) is 24.3 Å². The van der Waals surface area contributed by atoms with Gasteiger partial charge in [0.1, 0.15) is 0 Å². The summed E-state index contributed by atoms with van der Waals surface area (Å²) in [5.41, 5.74) is 10.2. The number of hydrogen-bond donors (Lipinski definition) is 3. The van der Waals surface area contributed by atoms with Gasteiger partial charge in [-0.05, 0) is 25.3 Å². The molecule has 0 aliphatic carbocycles. The van der Waals surface area contributed by atoms with Crippen LogP contribution in [0.5, 0.6) is 0 Å². The molecule has 2 unspecified atom stereocenters. The molecule has 0 aromatic rings. The molecule has 2 atom stereocenters. The van der Waals surface area contributed by atoms with Crippen molar-refractivity contribution in [2.24, 2.45) is 17.4 Å². The molecule has 1 saturated heterocycles. The zero-order valence-electron chi connectivity index (χ0n) is 11.2. The summed E-state index contributed by atoms with van der Waals surface area (Å²) in [6.45, 7) is 2.28. The van der Waals surface area contributed by atoms with Crippen molar-refractivity contribution in [3.63, 3.8) is 0 Å². The van der Waals surface area contributed by atoms with Gasteiger partial charge in [0.15, 0.2) is 0 Å². The van der Waals surface area contributed by atoms with Crippen molar-refractivity contribution in [3.05, 3.63) is 0 Å². The largest absolute Gasteiger partial charge is 0.368 e. The highest BCUT2D eigenvalue weighted by Crippen LogP contribution is 2.20. The molecule has 0 spiro atoms. The van der Waals surface area contributed by atoms with Gasteiger partial charge < -0.3 is 21.7 Å². The summed E-state index contributed by atoms with van der Waals surface area (Å²) in [5, 5.41) is 3.11. The van der Waals surface area contributed by atoms with E-state index in [0.29, 0.717) is 12.3 Å². The van der Waals surface area contributed by atoms with Gasteiger partial charge in [-0.15, -0.1) is 0 Å². The normalized spacial score (nSPS) is 22.8. The van der Waals surface area contributed by atoms with E-state index in [1.165, 1.54) is 0 Å². The van der Waals surface area contributed by atoms with Crippen molar-refractivity contribution in [2.45, 2.75) is 32.2 Å². The maximum Gasteiger partial charge on any atom is 0.240 e. The van der Waals surface area contributed by atoms with E-state index in [9.17, 15) is 14.4 Å². The van der Waals surface area contributed by atoms with Crippen LogP contribution in [0.25, 0.3) is 0 Å². The third-order valence-corrected chi connectivity index (χ3v) is 3.39.